The Balaban J connectivity index is 1.56. The maximum absolute atomic E-state index is 14.7. The van der Waals surface area contributed by atoms with E-state index in [-0.39, 0.29) is 5.82 Å². The van der Waals surface area contributed by atoms with Crippen LogP contribution in [0.1, 0.15) is 31.7 Å². The van der Waals surface area contributed by atoms with Gasteiger partial charge in [-0.3, -0.25) is 0 Å². The molecule has 0 bridgehead atoms. The van der Waals surface area contributed by atoms with Crippen LogP contribution in [-0.2, 0) is 6.42 Å². The van der Waals surface area contributed by atoms with E-state index in [9.17, 15) is 4.39 Å². The Hall–Kier alpha value is -2.13. The summed E-state index contributed by atoms with van der Waals surface area (Å²) in [4.78, 5) is 0.915. The maximum atomic E-state index is 14.7. The monoisotopic (exact) mass is 352 g/mol. The van der Waals surface area contributed by atoms with E-state index >= 15 is 0 Å². The van der Waals surface area contributed by atoms with Crippen molar-refractivity contribution in [3.63, 3.8) is 0 Å². The molecule has 1 fully saturated rings. The van der Waals surface area contributed by atoms with Gasteiger partial charge in [0.1, 0.15) is 5.82 Å². The number of hydrogen-bond acceptors (Lipinski definition) is 2. The van der Waals surface area contributed by atoms with Crippen molar-refractivity contribution in [2.45, 2.75) is 38.7 Å². The van der Waals surface area contributed by atoms with Gasteiger partial charge < -0.3 is 4.74 Å². The van der Waals surface area contributed by atoms with Gasteiger partial charge in [-0.15, -0.1) is 0 Å². The molecule has 0 radical (unpaired) electrons. The van der Waals surface area contributed by atoms with Crippen molar-refractivity contribution in [2.24, 2.45) is 0 Å². The second-order valence-electron chi connectivity index (χ2n) is 6.58. The van der Waals surface area contributed by atoms with Crippen LogP contribution in [-0.4, -0.2) is 6.10 Å². The van der Waals surface area contributed by atoms with Crippen LogP contribution in [0.4, 0.5) is 4.39 Å². The van der Waals surface area contributed by atoms with E-state index in [1.54, 1.807) is 6.07 Å². The smallest absolute Gasteiger partial charge is 0.174 e. The van der Waals surface area contributed by atoms with Crippen LogP contribution in [0.25, 0.3) is 21.6 Å². The highest BCUT2D eigenvalue weighted by Crippen LogP contribution is 2.38. The fourth-order valence-electron chi connectivity index (χ4n) is 2.93. The summed E-state index contributed by atoms with van der Waals surface area (Å²) in [5.41, 5.74) is 3.93. The number of aryl methyl sites for hydroxylation is 1. The molecule has 0 saturated heterocycles. The standard InChI is InChI=1S/C22H21FOS/c1-2-3-15-4-6-16(7-5-15)17-8-11-19(20(23)14-17)21-12-13-22(25-21)24-18-9-10-18/h4-8,11-14,18H,2-3,9-10H2,1H3. The molecule has 3 aromatic rings. The minimum atomic E-state index is -0.185. The van der Waals surface area contributed by atoms with Crippen LogP contribution in [0.2, 0.25) is 0 Å². The van der Waals surface area contributed by atoms with E-state index in [0.29, 0.717) is 11.7 Å². The zero-order chi connectivity index (χ0) is 17.2. The average molecular weight is 352 g/mol. The minimum Gasteiger partial charge on any atom is -0.481 e. The first-order valence-corrected chi connectivity index (χ1v) is 9.70. The Bertz CT molecular complexity index is 862. The average Bonchev–Trinajstić information content (AvgIpc) is 3.31. The maximum Gasteiger partial charge on any atom is 0.174 e. The molecule has 0 amide bonds. The lowest BCUT2D eigenvalue weighted by molar-refractivity contribution is 0.312. The molecule has 25 heavy (non-hydrogen) atoms. The van der Waals surface area contributed by atoms with Crippen molar-refractivity contribution in [2.75, 3.05) is 0 Å². The number of benzene rings is 2. The summed E-state index contributed by atoms with van der Waals surface area (Å²) in [6.45, 7) is 2.17. The quantitative estimate of drug-likeness (QED) is 0.479. The molecule has 0 N–H and O–H groups in total. The lowest BCUT2D eigenvalue weighted by atomic mass is 10.0. The third kappa shape index (κ3) is 3.77. The number of ether oxygens (including phenoxy) is 1. The lowest BCUT2D eigenvalue weighted by Crippen LogP contribution is -1.92. The highest BCUT2D eigenvalue weighted by atomic mass is 32.1. The first-order valence-electron chi connectivity index (χ1n) is 8.88. The van der Waals surface area contributed by atoms with Crippen molar-refractivity contribution >= 4 is 11.3 Å². The largest absolute Gasteiger partial charge is 0.481 e. The molecular formula is C22H21FOS. The van der Waals surface area contributed by atoms with Crippen LogP contribution in [0.15, 0.2) is 54.6 Å². The van der Waals surface area contributed by atoms with Crippen LogP contribution in [0.5, 0.6) is 5.06 Å². The van der Waals surface area contributed by atoms with Crippen molar-refractivity contribution < 1.29 is 9.13 Å². The third-order valence-electron chi connectivity index (χ3n) is 4.45. The number of thiophene rings is 1. The van der Waals surface area contributed by atoms with Gasteiger partial charge in [0.2, 0.25) is 0 Å². The second kappa shape index (κ2) is 7.01. The Morgan fingerprint density at radius 2 is 1.76 bits per heavy atom. The molecule has 0 aliphatic heterocycles. The lowest BCUT2D eigenvalue weighted by Gasteiger charge is -2.07. The molecule has 0 unspecified atom stereocenters. The molecule has 4 rings (SSSR count). The summed E-state index contributed by atoms with van der Waals surface area (Å²) in [5, 5.41) is 0.882. The van der Waals surface area contributed by atoms with Gasteiger partial charge in [0.25, 0.3) is 0 Å². The van der Waals surface area contributed by atoms with Crippen molar-refractivity contribution in [3.05, 3.63) is 66.0 Å². The molecule has 0 spiro atoms. The predicted octanol–water partition coefficient (Wildman–Crippen LogP) is 6.71. The zero-order valence-electron chi connectivity index (χ0n) is 14.3. The van der Waals surface area contributed by atoms with Crippen LogP contribution >= 0.6 is 11.3 Å². The highest BCUT2D eigenvalue weighted by Gasteiger charge is 2.24. The molecular weight excluding hydrogens is 331 g/mol. The molecule has 1 nitrogen and oxygen atoms in total. The van der Waals surface area contributed by atoms with E-state index in [4.69, 9.17) is 4.74 Å². The first-order chi connectivity index (χ1) is 12.2. The normalized spacial score (nSPS) is 13.8. The van der Waals surface area contributed by atoms with E-state index in [1.807, 2.05) is 24.3 Å². The first kappa shape index (κ1) is 16.3. The molecule has 1 heterocycles. The van der Waals surface area contributed by atoms with E-state index in [1.165, 1.54) is 16.9 Å². The molecule has 1 aliphatic carbocycles. The molecule has 0 atom stereocenters. The van der Waals surface area contributed by atoms with Gasteiger partial charge in [-0.25, -0.2) is 4.39 Å². The predicted molar refractivity (Wildman–Crippen MR) is 103 cm³/mol. The SMILES string of the molecule is CCCc1ccc(-c2ccc(-c3ccc(OC4CC4)s3)c(F)c2)cc1. The summed E-state index contributed by atoms with van der Waals surface area (Å²) in [6.07, 6.45) is 4.85. The van der Waals surface area contributed by atoms with Crippen LogP contribution in [0.3, 0.4) is 0 Å². The Morgan fingerprint density at radius 1 is 1.00 bits per heavy atom. The van der Waals surface area contributed by atoms with Gasteiger partial charge in [-0.05, 0) is 60.2 Å². The van der Waals surface area contributed by atoms with Gasteiger partial charge in [-0.2, -0.15) is 0 Å². The second-order valence-corrected chi connectivity index (χ2v) is 7.62. The van der Waals surface area contributed by atoms with Crippen LogP contribution < -0.4 is 4.74 Å². The van der Waals surface area contributed by atoms with Crippen molar-refractivity contribution in [3.8, 4) is 26.6 Å². The summed E-state index contributed by atoms with van der Waals surface area (Å²) in [5.74, 6) is -0.185. The van der Waals surface area contributed by atoms with E-state index in [2.05, 4.69) is 31.2 Å². The summed E-state index contributed by atoms with van der Waals surface area (Å²) in [7, 11) is 0. The Morgan fingerprint density at radius 3 is 2.44 bits per heavy atom. The third-order valence-corrected chi connectivity index (χ3v) is 5.46. The number of hydrogen-bond donors (Lipinski definition) is 0. The molecule has 2 aromatic carbocycles. The van der Waals surface area contributed by atoms with Crippen molar-refractivity contribution in [1.82, 2.24) is 0 Å². The summed E-state index contributed by atoms with van der Waals surface area (Å²) >= 11 is 1.52. The molecule has 1 aromatic heterocycles. The Kier molecular flexibility index (Phi) is 4.58. The number of halogens is 1. The zero-order valence-corrected chi connectivity index (χ0v) is 15.1. The molecule has 1 saturated carbocycles. The van der Waals surface area contributed by atoms with Gasteiger partial charge in [-0.1, -0.05) is 55.0 Å². The molecule has 1 aliphatic rings. The highest BCUT2D eigenvalue weighted by molar-refractivity contribution is 7.17. The van der Waals surface area contributed by atoms with Gasteiger partial charge in [0.15, 0.2) is 5.06 Å². The van der Waals surface area contributed by atoms with Crippen LogP contribution in [0, 0.1) is 5.82 Å². The van der Waals surface area contributed by atoms with Crippen molar-refractivity contribution in [1.29, 1.82) is 0 Å². The topological polar surface area (TPSA) is 9.23 Å². The minimum absolute atomic E-state index is 0.185. The van der Waals surface area contributed by atoms with E-state index in [0.717, 1.165) is 46.8 Å². The molecule has 3 heteroatoms. The van der Waals surface area contributed by atoms with Gasteiger partial charge >= 0.3 is 0 Å². The summed E-state index contributed by atoms with van der Waals surface area (Å²) in [6, 6.07) is 17.8. The molecule has 128 valence electrons. The fourth-order valence-corrected chi connectivity index (χ4v) is 3.87. The Labute approximate surface area is 152 Å². The fraction of sp³-hybridized carbons (Fsp3) is 0.273. The van der Waals surface area contributed by atoms with Gasteiger partial charge in [0, 0.05) is 10.4 Å². The van der Waals surface area contributed by atoms with E-state index < -0.39 is 0 Å². The number of rotatable bonds is 6. The van der Waals surface area contributed by atoms with Gasteiger partial charge in [0.05, 0.1) is 6.10 Å². The summed E-state index contributed by atoms with van der Waals surface area (Å²) < 4.78 is 20.5.